The van der Waals surface area contributed by atoms with Crippen molar-refractivity contribution in [1.29, 1.82) is 0 Å². The summed E-state index contributed by atoms with van der Waals surface area (Å²) in [6.07, 6.45) is 3.00. The molecule has 1 fully saturated rings. The molecule has 3 nitrogen and oxygen atoms in total. The fourth-order valence-electron chi connectivity index (χ4n) is 5.50. The van der Waals surface area contributed by atoms with E-state index in [0.29, 0.717) is 6.04 Å². The summed E-state index contributed by atoms with van der Waals surface area (Å²) in [4.78, 5) is 5.03. The van der Waals surface area contributed by atoms with Crippen molar-refractivity contribution in [2.24, 2.45) is 0 Å². The first-order valence-corrected chi connectivity index (χ1v) is 12.8. The molecule has 0 amide bonds. The predicted molar refractivity (Wildman–Crippen MR) is 144 cm³/mol. The van der Waals surface area contributed by atoms with Crippen molar-refractivity contribution in [2.75, 3.05) is 38.2 Å². The van der Waals surface area contributed by atoms with Gasteiger partial charge in [0.25, 0.3) is 0 Å². The Morgan fingerprint density at radius 3 is 2.14 bits per heavy atom. The van der Waals surface area contributed by atoms with Gasteiger partial charge < -0.3 is 9.64 Å². The van der Waals surface area contributed by atoms with Gasteiger partial charge in [0.15, 0.2) is 0 Å². The van der Waals surface area contributed by atoms with Crippen LogP contribution in [-0.4, -0.2) is 44.2 Å². The van der Waals surface area contributed by atoms with Gasteiger partial charge in [-0.1, -0.05) is 30.3 Å². The van der Waals surface area contributed by atoms with Crippen LogP contribution in [0.5, 0.6) is 5.75 Å². The first-order chi connectivity index (χ1) is 17.0. The minimum absolute atomic E-state index is 0.198. The van der Waals surface area contributed by atoms with E-state index in [9.17, 15) is 4.39 Å². The Kier molecular flexibility index (Phi) is 6.92. The zero-order valence-electron chi connectivity index (χ0n) is 21.1. The Bertz CT molecular complexity index is 1190. The molecule has 0 N–H and O–H groups in total. The molecule has 0 radical (unpaired) electrons. The van der Waals surface area contributed by atoms with Crippen LogP contribution in [0.25, 0.3) is 11.1 Å². The molecule has 0 atom stereocenters. The first kappa shape index (κ1) is 23.6. The molecular weight excluding hydrogens is 435 g/mol. The maximum Gasteiger partial charge on any atom is 0.123 e. The van der Waals surface area contributed by atoms with E-state index < -0.39 is 0 Å². The number of hydrogen-bond donors (Lipinski definition) is 0. The van der Waals surface area contributed by atoms with Gasteiger partial charge in [-0.25, -0.2) is 4.39 Å². The molecule has 0 saturated carbocycles. The summed E-state index contributed by atoms with van der Waals surface area (Å²) < 4.78 is 19.3. The van der Waals surface area contributed by atoms with E-state index in [2.05, 4.69) is 66.1 Å². The summed E-state index contributed by atoms with van der Waals surface area (Å²) in [6.45, 7) is 8.88. The summed E-state index contributed by atoms with van der Waals surface area (Å²) >= 11 is 0. The van der Waals surface area contributed by atoms with E-state index in [4.69, 9.17) is 4.74 Å². The zero-order valence-corrected chi connectivity index (χ0v) is 21.1. The lowest BCUT2D eigenvalue weighted by molar-refractivity contribution is 0.209. The van der Waals surface area contributed by atoms with E-state index in [1.165, 1.54) is 33.5 Å². The molecule has 2 aliphatic rings. The second-order valence-corrected chi connectivity index (χ2v) is 9.90. The lowest BCUT2D eigenvalue weighted by Gasteiger charge is -2.38. The maximum absolute atomic E-state index is 13.7. The van der Waals surface area contributed by atoms with Crippen molar-refractivity contribution in [3.05, 3.63) is 94.8 Å². The summed E-state index contributed by atoms with van der Waals surface area (Å²) in [7, 11) is 1.72. The van der Waals surface area contributed by atoms with Crippen LogP contribution < -0.4 is 9.64 Å². The highest BCUT2D eigenvalue weighted by atomic mass is 19.1. The van der Waals surface area contributed by atoms with Crippen molar-refractivity contribution < 1.29 is 9.13 Å². The number of anilines is 1. The molecule has 0 aromatic heterocycles. The number of ether oxygens (including phenoxy) is 1. The topological polar surface area (TPSA) is 15.7 Å². The molecule has 0 unspecified atom stereocenters. The Labute approximate surface area is 208 Å². The second-order valence-electron chi connectivity index (χ2n) is 9.90. The van der Waals surface area contributed by atoms with Crippen molar-refractivity contribution in [3.8, 4) is 5.75 Å². The number of fused-ring (bicyclic) bond motifs is 1. The van der Waals surface area contributed by atoms with Gasteiger partial charge in [-0.3, -0.25) is 4.90 Å². The number of piperazine rings is 1. The van der Waals surface area contributed by atoms with Crippen LogP contribution in [0.15, 0.2) is 66.7 Å². The van der Waals surface area contributed by atoms with Gasteiger partial charge in [0.1, 0.15) is 11.6 Å². The van der Waals surface area contributed by atoms with E-state index in [1.54, 1.807) is 19.2 Å². The van der Waals surface area contributed by atoms with Gasteiger partial charge in [0.05, 0.1) is 7.11 Å². The van der Waals surface area contributed by atoms with Crippen molar-refractivity contribution in [1.82, 2.24) is 4.90 Å². The lowest BCUT2D eigenvalue weighted by atomic mass is 9.87. The number of halogens is 1. The van der Waals surface area contributed by atoms with Crippen molar-refractivity contribution >= 4 is 16.8 Å². The molecule has 3 aromatic rings. The minimum atomic E-state index is -0.198. The van der Waals surface area contributed by atoms with Crippen LogP contribution in [0.4, 0.5) is 10.1 Å². The van der Waals surface area contributed by atoms with Crippen LogP contribution in [0.1, 0.15) is 48.9 Å². The third-order valence-corrected chi connectivity index (χ3v) is 7.51. The normalized spacial score (nSPS) is 16.9. The van der Waals surface area contributed by atoms with E-state index in [1.807, 2.05) is 12.1 Å². The summed E-state index contributed by atoms with van der Waals surface area (Å²) in [5.41, 5.74) is 8.69. The second kappa shape index (κ2) is 10.2. The van der Waals surface area contributed by atoms with Gasteiger partial charge in [0, 0.05) is 37.9 Å². The molecule has 0 bridgehead atoms. The molecule has 0 spiro atoms. The molecule has 182 valence electrons. The van der Waals surface area contributed by atoms with Crippen LogP contribution in [-0.2, 0) is 6.42 Å². The number of benzene rings is 3. The minimum Gasteiger partial charge on any atom is -0.497 e. The summed E-state index contributed by atoms with van der Waals surface area (Å²) in [5.74, 6) is 0.695. The standard InChI is InChI=1S/C31H35FN2O/c1-22(2)33-17-19-34(20-18-33)27-13-9-24(10-14-27)31-29(23-7-11-26(32)12-8-23)6-4-5-25-21-28(35-3)15-16-30(25)31/h7-16,21-22H,4-6,17-20H2,1-3H3. The molecular formula is C31H35FN2O. The number of methoxy groups -OCH3 is 1. The van der Waals surface area contributed by atoms with Crippen LogP contribution in [0.2, 0.25) is 0 Å². The van der Waals surface area contributed by atoms with Gasteiger partial charge >= 0.3 is 0 Å². The van der Waals surface area contributed by atoms with E-state index in [0.717, 1.165) is 56.8 Å². The highest BCUT2D eigenvalue weighted by Gasteiger charge is 2.22. The van der Waals surface area contributed by atoms with Crippen molar-refractivity contribution in [3.63, 3.8) is 0 Å². The van der Waals surface area contributed by atoms with E-state index >= 15 is 0 Å². The van der Waals surface area contributed by atoms with Crippen LogP contribution >= 0.6 is 0 Å². The number of hydrogen-bond acceptors (Lipinski definition) is 3. The molecule has 1 saturated heterocycles. The average Bonchev–Trinajstić information content (AvgIpc) is 3.08. The Hall–Kier alpha value is -3.11. The molecule has 1 aliphatic heterocycles. The SMILES string of the molecule is COc1ccc2c(c1)CCCC(c1ccc(F)cc1)=C2c1ccc(N2CCN(C(C)C)CC2)cc1. The molecule has 1 heterocycles. The van der Waals surface area contributed by atoms with Gasteiger partial charge in [0.2, 0.25) is 0 Å². The van der Waals surface area contributed by atoms with Gasteiger partial charge in [-0.15, -0.1) is 0 Å². The monoisotopic (exact) mass is 470 g/mol. The summed E-state index contributed by atoms with van der Waals surface area (Å²) in [6, 6.07) is 23.1. The number of aryl methyl sites for hydroxylation is 1. The third kappa shape index (κ3) is 4.99. The molecule has 5 rings (SSSR count). The highest BCUT2D eigenvalue weighted by Crippen LogP contribution is 2.41. The number of allylic oxidation sites excluding steroid dienone is 1. The Morgan fingerprint density at radius 1 is 0.800 bits per heavy atom. The third-order valence-electron chi connectivity index (χ3n) is 7.51. The lowest BCUT2D eigenvalue weighted by Crippen LogP contribution is -2.48. The highest BCUT2D eigenvalue weighted by molar-refractivity contribution is 6.00. The van der Waals surface area contributed by atoms with E-state index in [-0.39, 0.29) is 5.82 Å². The summed E-state index contributed by atoms with van der Waals surface area (Å²) in [5, 5.41) is 0. The number of rotatable bonds is 5. The quantitative estimate of drug-likeness (QED) is 0.415. The Balaban J connectivity index is 1.54. The van der Waals surface area contributed by atoms with Gasteiger partial charge in [-0.2, -0.15) is 0 Å². The predicted octanol–water partition coefficient (Wildman–Crippen LogP) is 6.66. The fourth-order valence-corrected chi connectivity index (χ4v) is 5.50. The van der Waals surface area contributed by atoms with Crippen LogP contribution in [0.3, 0.4) is 0 Å². The fraction of sp³-hybridized carbons (Fsp3) is 0.355. The van der Waals surface area contributed by atoms with Crippen LogP contribution in [0, 0.1) is 5.82 Å². The first-order valence-electron chi connectivity index (χ1n) is 12.8. The maximum atomic E-state index is 13.7. The molecule has 4 heteroatoms. The smallest absolute Gasteiger partial charge is 0.123 e. The van der Waals surface area contributed by atoms with Crippen molar-refractivity contribution in [2.45, 2.75) is 39.2 Å². The average molecular weight is 471 g/mol. The number of nitrogens with zero attached hydrogens (tertiary/aromatic N) is 2. The zero-order chi connectivity index (χ0) is 24.4. The van der Waals surface area contributed by atoms with Gasteiger partial charge in [-0.05, 0) is 103 Å². The molecule has 35 heavy (non-hydrogen) atoms. The largest absolute Gasteiger partial charge is 0.497 e. The molecule has 1 aliphatic carbocycles. The molecule has 3 aromatic carbocycles. The Morgan fingerprint density at radius 2 is 1.49 bits per heavy atom.